The average molecular weight is 397 g/mol. The Labute approximate surface area is 134 Å². The van der Waals surface area contributed by atoms with Gasteiger partial charge in [-0.05, 0) is 12.8 Å². The SMILES string of the molecule is I.NC(=NCC1CCCO1)NCCN1C(=O)CNC1=O. The predicted octanol–water partition coefficient (Wildman–Crippen LogP) is -0.760. The van der Waals surface area contributed by atoms with Crippen molar-refractivity contribution in [3.05, 3.63) is 0 Å². The Morgan fingerprint density at radius 3 is 2.95 bits per heavy atom. The second-order valence-electron chi connectivity index (χ2n) is 4.49. The number of guanidine groups is 1. The molecule has 0 aliphatic carbocycles. The van der Waals surface area contributed by atoms with Crippen molar-refractivity contribution in [3.63, 3.8) is 0 Å². The number of urea groups is 1. The van der Waals surface area contributed by atoms with Crippen LogP contribution in [0.4, 0.5) is 4.79 Å². The summed E-state index contributed by atoms with van der Waals surface area (Å²) in [5, 5.41) is 5.32. The van der Waals surface area contributed by atoms with Gasteiger partial charge in [0.1, 0.15) is 0 Å². The van der Waals surface area contributed by atoms with Gasteiger partial charge in [-0.1, -0.05) is 0 Å². The number of nitrogens with two attached hydrogens (primary N) is 1. The number of nitrogens with zero attached hydrogens (tertiary/aromatic N) is 2. The third kappa shape index (κ3) is 4.78. The van der Waals surface area contributed by atoms with E-state index >= 15 is 0 Å². The number of rotatable bonds is 5. The van der Waals surface area contributed by atoms with Crippen LogP contribution in [0.25, 0.3) is 0 Å². The highest BCUT2D eigenvalue weighted by atomic mass is 127. The van der Waals surface area contributed by atoms with E-state index in [1.807, 2.05) is 0 Å². The van der Waals surface area contributed by atoms with Crippen LogP contribution in [-0.2, 0) is 9.53 Å². The van der Waals surface area contributed by atoms with Crippen LogP contribution >= 0.6 is 24.0 Å². The molecule has 0 aromatic rings. The van der Waals surface area contributed by atoms with Gasteiger partial charge in [-0.3, -0.25) is 14.7 Å². The van der Waals surface area contributed by atoms with Crippen molar-refractivity contribution < 1.29 is 14.3 Å². The molecule has 1 atom stereocenters. The molecular weight excluding hydrogens is 377 g/mol. The smallest absolute Gasteiger partial charge is 0.324 e. The summed E-state index contributed by atoms with van der Waals surface area (Å²) in [4.78, 5) is 27.9. The van der Waals surface area contributed by atoms with Gasteiger partial charge in [0.2, 0.25) is 5.91 Å². The minimum absolute atomic E-state index is 0. The molecule has 0 bridgehead atoms. The first kappa shape index (κ1) is 17.0. The van der Waals surface area contributed by atoms with Gasteiger partial charge in [0.15, 0.2) is 5.96 Å². The second kappa shape index (κ2) is 8.25. The Kier molecular flexibility index (Phi) is 6.99. The number of amides is 3. The number of aliphatic imine (C=N–C) groups is 1. The fourth-order valence-corrected chi connectivity index (χ4v) is 2.02. The summed E-state index contributed by atoms with van der Waals surface area (Å²) in [5.74, 6) is 0.0872. The van der Waals surface area contributed by atoms with E-state index in [0.717, 1.165) is 24.3 Å². The van der Waals surface area contributed by atoms with Crippen molar-refractivity contribution in [1.82, 2.24) is 15.5 Å². The molecule has 8 nitrogen and oxygen atoms in total. The van der Waals surface area contributed by atoms with Crippen LogP contribution in [0.5, 0.6) is 0 Å². The highest BCUT2D eigenvalue weighted by molar-refractivity contribution is 14.0. The Balaban J connectivity index is 0.00000200. The molecule has 2 aliphatic heterocycles. The van der Waals surface area contributed by atoms with Crippen molar-refractivity contribution >= 4 is 41.9 Å². The first-order valence-electron chi connectivity index (χ1n) is 6.40. The summed E-state index contributed by atoms with van der Waals surface area (Å²) in [6.45, 7) is 2.07. The molecule has 9 heteroatoms. The van der Waals surface area contributed by atoms with Gasteiger partial charge in [-0.15, -0.1) is 24.0 Å². The van der Waals surface area contributed by atoms with Gasteiger partial charge in [-0.2, -0.15) is 0 Å². The molecule has 0 radical (unpaired) electrons. The van der Waals surface area contributed by atoms with Crippen molar-refractivity contribution in [3.8, 4) is 0 Å². The number of nitrogens with one attached hydrogen (secondary N) is 2. The van der Waals surface area contributed by atoms with Crippen LogP contribution < -0.4 is 16.4 Å². The summed E-state index contributed by atoms with van der Waals surface area (Å²) in [5.41, 5.74) is 5.69. The monoisotopic (exact) mass is 397 g/mol. The van der Waals surface area contributed by atoms with Gasteiger partial charge in [0.25, 0.3) is 0 Å². The lowest BCUT2D eigenvalue weighted by molar-refractivity contribution is -0.124. The first-order chi connectivity index (χ1) is 9.16. The summed E-state index contributed by atoms with van der Waals surface area (Å²) >= 11 is 0. The Morgan fingerprint density at radius 1 is 1.55 bits per heavy atom. The van der Waals surface area contributed by atoms with E-state index in [0.29, 0.717) is 19.0 Å². The van der Waals surface area contributed by atoms with Crippen LogP contribution in [0.2, 0.25) is 0 Å². The molecule has 0 spiro atoms. The van der Waals surface area contributed by atoms with E-state index < -0.39 is 0 Å². The number of halogens is 1. The maximum Gasteiger partial charge on any atom is 0.324 e. The van der Waals surface area contributed by atoms with E-state index in [-0.39, 0.29) is 55.1 Å². The Hall–Kier alpha value is -1.10. The molecular formula is C11H20IN5O3. The van der Waals surface area contributed by atoms with Crippen LogP contribution in [0.15, 0.2) is 4.99 Å². The summed E-state index contributed by atoms with van der Waals surface area (Å²) in [6, 6.07) is -0.360. The fourth-order valence-electron chi connectivity index (χ4n) is 2.02. The van der Waals surface area contributed by atoms with Crippen molar-refractivity contribution in [1.29, 1.82) is 0 Å². The Bertz CT molecular complexity index is 368. The normalized spacial score (nSPS) is 22.7. The number of hydrogen-bond acceptors (Lipinski definition) is 4. The van der Waals surface area contributed by atoms with Gasteiger partial charge in [0, 0.05) is 19.7 Å². The summed E-state index contributed by atoms with van der Waals surface area (Å²) < 4.78 is 5.42. The molecule has 2 aliphatic rings. The minimum Gasteiger partial charge on any atom is -0.376 e. The van der Waals surface area contributed by atoms with Crippen molar-refractivity contribution in [2.24, 2.45) is 10.7 Å². The minimum atomic E-state index is -0.360. The van der Waals surface area contributed by atoms with E-state index in [9.17, 15) is 9.59 Å². The molecule has 1 unspecified atom stereocenters. The summed E-state index contributed by atoms with van der Waals surface area (Å²) in [7, 11) is 0. The first-order valence-corrected chi connectivity index (χ1v) is 6.40. The molecule has 0 aromatic heterocycles. The van der Waals surface area contributed by atoms with E-state index in [2.05, 4.69) is 15.6 Å². The molecule has 4 N–H and O–H groups in total. The van der Waals surface area contributed by atoms with Crippen LogP contribution in [-0.4, -0.2) is 61.7 Å². The van der Waals surface area contributed by atoms with Gasteiger partial charge < -0.3 is 21.1 Å². The molecule has 2 saturated heterocycles. The van der Waals surface area contributed by atoms with E-state index in [1.165, 1.54) is 0 Å². The molecule has 0 saturated carbocycles. The van der Waals surface area contributed by atoms with E-state index in [1.54, 1.807) is 0 Å². The van der Waals surface area contributed by atoms with Crippen molar-refractivity contribution in [2.45, 2.75) is 18.9 Å². The number of carbonyl (C=O) groups is 2. The molecule has 2 rings (SSSR count). The Morgan fingerprint density at radius 2 is 2.35 bits per heavy atom. The largest absolute Gasteiger partial charge is 0.376 e. The maximum atomic E-state index is 11.3. The maximum absolute atomic E-state index is 11.3. The highest BCUT2D eigenvalue weighted by Gasteiger charge is 2.27. The number of imide groups is 1. The average Bonchev–Trinajstić information content (AvgIpc) is 3.00. The quantitative estimate of drug-likeness (QED) is 0.245. The predicted molar refractivity (Wildman–Crippen MR) is 84.0 cm³/mol. The third-order valence-corrected chi connectivity index (χ3v) is 3.07. The molecule has 0 aromatic carbocycles. The molecule has 114 valence electrons. The number of ether oxygens (including phenoxy) is 1. The highest BCUT2D eigenvalue weighted by Crippen LogP contribution is 2.11. The van der Waals surface area contributed by atoms with Gasteiger partial charge in [0.05, 0.1) is 19.2 Å². The number of hydrogen-bond donors (Lipinski definition) is 3. The number of carbonyl (C=O) groups excluding carboxylic acids is 2. The molecule has 2 heterocycles. The summed E-state index contributed by atoms with van der Waals surface area (Å²) in [6.07, 6.45) is 2.24. The van der Waals surface area contributed by atoms with Gasteiger partial charge >= 0.3 is 6.03 Å². The zero-order valence-corrected chi connectivity index (χ0v) is 13.5. The molecule has 20 heavy (non-hydrogen) atoms. The molecule has 3 amide bonds. The third-order valence-electron chi connectivity index (χ3n) is 3.07. The van der Waals surface area contributed by atoms with Crippen LogP contribution in [0.3, 0.4) is 0 Å². The fraction of sp³-hybridized carbons (Fsp3) is 0.727. The zero-order valence-electron chi connectivity index (χ0n) is 11.1. The topological polar surface area (TPSA) is 109 Å². The zero-order chi connectivity index (χ0) is 13.7. The lowest BCUT2D eigenvalue weighted by atomic mass is 10.2. The second-order valence-corrected chi connectivity index (χ2v) is 4.49. The standard InChI is InChI=1S/C11H19N5O3.HI/c12-10(14-6-8-2-1-5-19-8)13-3-4-16-9(17)7-15-11(16)18;/h8H,1-7H2,(H,15,18)(H3,12,13,14);1H. The van der Waals surface area contributed by atoms with Crippen LogP contribution in [0, 0.1) is 0 Å². The van der Waals surface area contributed by atoms with E-state index in [4.69, 9.17) is 10.5 Å². The molecule has 2 fully saturated rings. The van der Waals surface area contributed by atoms with Crippen LogP contribution in [0.1, 0.15) is 12.8 Å². The van der Waals surface area contributed by atoms with Gasteiger partial charge in [-0.25, -0.2) is 4.79 Å². The lowest BCUT2D eigenvalue weighted by Crippen LogP contribution is -2.41. The lowest BCUT2D eigenvalue weighted by Gasteiger charge is -2.13. The van der Waals surface area contributed by atoms with Crippen molar-refractivity contribution in [2.75, 3.05) is 32.8 Å².